The molecule has 0 bridgehead atoms. The molecule has 0 radical (unpaired) electrons. The van der Waals surface area contributed by atoms with Crippen LogP contribution in [0.1, 0.15) is 12.5 Å². The van der Waals surface area contributed by atoms with Crippen LogP contribution in [0.15, 0.2) is 84.5 Å². The molecule has 0 N–H and O–H groups in total. The van der Waals surface area contributed by atoms with Gasteiger partial charge in [-0.15, -0.1) is 0 Å². The number of hydrogen-bond donors (Lipinski definition) is 0. The van der Waals surface area contributed by atoms with Crippen LogP contribution >= 0.6 is 0 Å². The first-order valence-electron chi connectivity index (χ1n) is 8.55. The molecule has 3 aromatic rings. The third-order valence-electron chi connectivity index (χ3n) is 5.23. The molecule has 24 heavy (non-hydrogen) atoms. The highest BCUT2D eigenvalue weighted by molar-refractivity contribution is 6.17. The Balaban J connectivity index is 1.78. The molecule has 1 atom stereocenters. The summed E-state index contributed by atoms with van der Waals surface area (Å²) in [5, 5.41) is 2.75. The van der Waals surface area contributed by atoms with E-state index in [0.29, 0.717) is 5.92 Å². The summed E-state index contributed by atoms with van der Waals surface area (Å²) in [7, 11) is 0. The monoisotopic (exact) mass is 306 g/mol. The Morgan fingerprint density at radius 2 is 1.50 bits per heavy atom. The molecule has 2 aliphatic carbocycles. The Bertz CT molecular complexity index is 1030. The number of hydrogen-bond acceptors (Lipinski definition) is 0. The van der Waals surface area contributed by atoms with E-state index in [2.05, 4.69) is 91.9 Å². The molecule has 1 unspecified atom stereocenters. The van der Waals surface area contributed by atoms with Gasteiger partial charge in [0.2, 0.25) is 0 Å². The molecule has 0 spiro atoms. The van der Waals surface area contributed by atoms with E-state index >= 15 is 0 Å². The number of allylic oxidation sites excluding steroid dienone is 5. The zero-order chi connectivity index (χ0) is 16.1. The normalized spacial score (nSPS) is 19.2. The zero-order valence-electron chi connectivity index (χ0n) is 13.7. The molecule has 0 nitrogen and oxygen atoms in total. The van der Waals surface area contributed by atoms with Gasteiger partial charge in [-0.2, -0.15) is 0 Å². The maximum atomic E-state index is 2.34. The van der Waals surface area contributed by atoms with Crippen molar-refractivity contribution in [3.63, 3.8) is 0 Å². The van der Waals surface area contributed by atoms with E-state index in [-0.39, 0.29) is 0 Å². The van der Waals surface area contributed by atoms with Crippen LogP contribution in [-0.4, -0.2) is 0 Å². The van der Waals surface area contributed by atoms with Crippen LogP contribution in [-0.2, 0) is 0 Å². The predicted molar refractivity (Wildman–Crippen MR) is 104 cm³/mol. The SMILES string of the molecule is CC1C=CC=C/C1=C\c1ccc2c3c(cccc13)-c1ccccc1-2. The van der Waals surface area contributed by atoms with Gasteiger partial charge in [-0.3, -0.25) is 0 Å². The fourth-order valence-corrected chi connectivity index (χ4v) is 3.98. The highest BCUT2D eigenvalue weighted by atomic mass is 14.2. The Labute approximate surface area is 142 Å². The largest absolute Gasteiger partial charge is 0.0773 e. The number of benzene rings is 3. The Hall–Kier alpha value is -2.86. The van der Waals surface area contributed by atoms with Crippen LogP contribution in [0.2, 0.25) is 0 Å². The first-order valence-corrected chi connectivity index (χ1v) is 8.55. The van der Waals surface area contributed by atoms with Crippen LogP contribution in [0.3, 0.4) is 0 Å². The highest BCUT2D eigenvalue weighted by Gasteiger charge is 2.21. The lowest BCUT2D eigenvalue weighted by Crippen LogP contribution is -1.96. The summed E-state index contributed by atoms with van der Waals surface area (Å²) in [6, 6.07) is 20.0. The molecule has 0 saturated carbocycles. The fraction of sp³-hybridized carbons (Fsp3) is 0.0833. The first-order chi connectivity index (χ1) is 11.8. The van der Waals surface area contributed by atoms with Gasteiger partial charge in [-0.25, -0.2) is 0 Å². The van der Waals surface area contributed by atoms with Gasteiger partial charge in [0.1, 0.15) is 0 Å². The summed E-state index contributed by atoms with van der Waals surface area (Å²) in [5.41, 5.74) is 8.13. The third-order valence-corrected chi connectivity index (χ3v) is 5.23. The fourth-order valence-electron chi connectivity index (χ4n) is 3.98. The molecular formula is C24H18. The summed E-state index contributed by atoms with van der Waals surface area (Å²) in [6.07, 6.45) is 11.1. The van der Waals surface area contributed by atoms with E-state index in [1.165, 1.54) is 44.2 Å². The second-order valence-corrected chi connectivity index (χ2v) is 6.65. The van der Waals surface area contributed by atoms with Crippen molar-refractivity contribution in [1.82, 2.24) is 0 Å². The second kappa shape index (κ2) is 5.07. The van der Waals surface area contributed by atoms with Gasteiger partial charge < -0.3 is 0 Å². The molecule has 0 aliphatic heterocycles. The van der Waals surface area contributed by atoms with E-state index in [1.54, 1.807) is 0 Å². The maximum Gasteiger partial charge on any atom is -0.000710 e. The van der Waals surface area contributed by atoms with Crippen LogP contribution in [0.25, 0.3) is 39.1 Å². The van der Waals surface area contributed by atoms with Gasteiger partial charge in [0.15, 0.2) is 0 Å². The van der Waals surface area contributed by atoms with Crippen LogP contribution in [0, 0.1) is 5.92 Å². The molecule has 114 valence electrons. The van der Waals surface area contributed by atoms with Crippen molar-refractivity contribution in [2.75, 3.05) is 0 Å². The van der Waals surface area contributed by atoms with Crippen molar-refractivity contribution in [3.05, 3.63) is 90.0 Å². The van der Waals surface area contributed by atoms with Gasteiger partial charge in [0, 0.05) is 0 Å². The summed E-state index contributed by atoms with van der Waals surface area (Å²) in [5.74, 6) is 0.468. The second-order valence-electron chi connectivity index (χ2n) is 6.65. The molecule has 0 amide bonds. The van der Waals surface area contributed by atoms with Crippen LogP contribution < -0.4 is 0 Å². The quantitative estimate of drug-likeness (QED) is 0.370. The van der Waals surface area contributed by atoms with E-state index in [4.69, 9.17) is 0 Å². The predicted octanol–water partition coefficient (Wildman–Crippen LogP) is 6.63. The van der Waals surface area contributed by atoms with Crippen molar-refractivity contribution < 1.29 is 0 Å². The average molecular weight is 306 g/mol. The molecule has 2 aliphatic rings. The molecular weight excluding hydrogens is 288 g/mol. The third kappa shape index (κ3) is 1.86. The Kier molecular flexibility index (Phi) is 2.87. The van der Waals surface area contributed by atoms with Crippen molar-refractivity contribution in [3.8, 4) is 22.3 Å². The molecule has 3 aromatic carbocycles. The van der Waals surface area contributed by atoms with Gasteiger partial charge in [0.25, 0.3) is 0 Å². The molecule has 0 aromatic heterocycles. The molecule has 0 heterocycles. The smallest absolute Gasteiger partial charge is 0.000710 e. The zero-order valence-corrected chi connectivity index (χ0v) is 13.7. The topological polar surface area (TPSA) is 0 Å². The lowest BCUT2D eigenvalue weighted by atomic mass is 9.92. The molecule has 0 saturated heterocycles. The summed E-state index contributed by atoms with van der Waals surface area (Å²) >= 11 is 0. The van der Waals surface area contributed by atoms with Gasteiger partial charge >= 0.3 is 0 Å². The minimum Gasteiger partial charge on any atom is -0.0773 e. The van der Waals surface area contributed by atoms with Crippen molar-refractivity contribution >= 4 is 16.8 Å². The van der Waals surface area contributed by atoms with Gasteiger partial charge in [0.05, 0.1) is 0 Å². The van der Waals surface area contributed by atoms with E-state index in [9.17, 15) is 0 Å². The minimum atomic E-state index is 0.468. The van der Waals surface area contributed by atoms with Crippen LogP contribution in [0.5, 0.6) is 0 Å². The lowest BCUT2D eigenvalue weighted by molar-refractivity contribution is 0.891. The number of fused-ring (bicyclic) bond motifs is 3. The van der Waals surface area contributed by atoms with E-state index in [0.717, 1.165) is 0 Å². The Morgan fingerprint density at radius 1 is 0.750 bits per heavy atom. The lowest BCUT2D eigenvalue weighted by Gasteiger charge is -2.13. The van der Waals surface area contributed by atoms with Gasteiger partial charge in [-0.05, 0) is 50.1 Å². The minimum absolute atomic E-state index is 0.468. The molecule has 0 fully saturated rings. The standard InChI is InChI=1S/C24H18/c1-16-7-2-3-8-17(16)15-18-13-14-23-21-10-5-4-9-20(21)22-12-6-11-19(18)24(22)23/h2-16H,1H3/b17-15+. The first kappa shape index (κ1) is 13.6. The summed E-state index contributed by atoms with van der Waals surface area (Å²) in [6.45, 7) is 2.25. The van der Waals surface area contributed by atoms with E-state index in [1.807, 2.05) is 0 Å². The molecule has 5 rings (SSSR count). The van der Waals surface area contributed by atoms with Crippen molar-refractivity contribution in [1.29, 1.82) is 0 Å². The van der Waals surface area contributed by atoms with Gasteiger partial charge in [-0.1, -0.05) is 91.9 Å². The average Bonchev–Trinajstić information content (AvgIpc) is 2.95. The Morgan fingerprint density at radius 3 is 2.29 bits per heavy atom. The molecule has 0 heteroatoms. The summed E-state index contributed by atoms with van der Waals surface area (Å²) in [4.78, 5) is 0. The van der Waals surface area contributed by atoms with Crippen molar-refractivity contribution in [2.45, 2.75) is 6.92 Å². The summed E-state index contributed by atoms with van der Waals surface area (Å²) < 4.78 is 0. The van der Waals surface area contributed by atoms with Crippen LogP contribution in [0.4, 0.5) is 0 Å². The highest BCUT2D eigenvalue weighted by Crippen LogP contribution is 2.47. The number of rotatable bonds is 1. The maximum absolute atomic E-state index is 2.34. The van der Waals surface area contributed by atoms with Crippen molar-refractivity contribution in [2.24, 2.45) is 5.92 Å². The van der Waals surface area contributed by atoms with E-state index < -0.39 is 0 Å².